The van der Waals surface area contributed by atoms with E-state index in [-0.39, 0.29) is 16.1 Å². The standard InChI is InChI=1S/C20H20N4O4S/c1-13-5-4-6-15(11-13)23-29(27,28)16-8-7-14(2)18(12-16)21-20(26)17-9-10-19(25)24(3)22-17/h4-12,23H,1-3H3,(H,21,26). The summed E-state index contributed by atoms with van der Waals surface area (Å²) in [6.07, 6.45) is 0. The summed E-state index contributed by atoms with van der Waals surface area (Å²) in [5.41, 5.74) is 2.08. The number of nitrogens with one attached hydrogen (secondary N) is 2. The van der Waals surface area contributed by atoms with Gasteiger partial charge in [0, 0.05) is 24.5 Å². The van der Waals surface area contributed by atoms with Gasteiger partial charge in [0.15, 0.2) is 0 Å². The molecular formula is C20H20N4O4S. The molecule has 0 saturated carbocycles. The summed E-state index contributed by atoms with van der Waals surface area (Å²) in [5, 5.41) is 6.54. The van der Waals surface area contributed by atoms with E-state index in [4.69, 9.17) is 0 Å². The zero-order valence-corrected chi connectivity index (χ0v) is 16.9. The van der Waals surface area contributed by atoms with Crippen molar-refractivity contribution in [2.45, 2.75) is 18.7 Å². The van der Waals surface area contributed by atoms with Crippen molar-refractivity contribution in [1.82, 2.24) is 9.78 Å². The Morgan fingerprint density at radius 3 is 2.48 bits per heavy atom. The lowest BCUT2D eigenvalue weighted by molar-refractivity contribution is 0.102. The minimum Gasteiger partial charge on any atom is -0.320 e. The molecule has 1 aromatic heterocycles. The van der Waals surface area contributed by atoms with Crippen molar-refractivity contribution in [3.63, 3.8) is 0 Å². The predicted octanol–water partition coefficient (Wildman–Crippen LogP) is 2.45. The maximum absolute atomic E-state index is 12.7. The van der Waals surface area contributed by atoms with Crippen molar-refractivity contribution in [3.8, 4) is 0 Å². The fourth-order valence-electron chi connectivity index (χ4n) is 2.64. The number of hydrogen-bond donors (Lipinski definition) is 2. The molecular weight excluding hydrogens is 392 g/mol. The fourth-order valence-corrected chi connectivity index (χ4v) is 3.71. The number of carbonyl (C=O) groups excluding carboxylic acids is 1. The number of aryl methyl sites for hydroxylation is 3. The molecule has 0 radical (unpaired) electrons. The Morgan fingerprint density at radius 1 is 1.03 bits per heavy atom. The molecule has 0 aliphatic heterocycles. The summed E-state index contributed by atoms with van der Waals surface area (Å²) in [6, 6.07) is 14.0. The van der Waals surface area contributed by atoms with Crippen molar-refractivity contribution in [2.75, 3.05) is 10.0 Å². The lowest BCUT2D eigenvalue weighted by atomic mass is 10.2. The van der Waals surface area contributed by atoms with Crippen LogP contribution >= 0.6 is 0 Å². The van der Waals surface area contributed by atoms with Crippen molar-refractivity contribution >= 4 is 27.3 Å². The molecule has 0 atom stereocenters. The van der Waals surface area contributed by atoms with Gasteiger partial charge in [-0.05, 0) is 55.3 Å². The largest absolute Gasteiger partial charge is 0.320 e. The average molecular weight is 412 g/mol. The quantitative estimate of drug-likeness (QED) is 0.669. The van der Waals surface area contributed by atoms with Crippen molar-refractivity contribution in [2.24, 2.45) is 7.05 Å². The van der Waals surface area contributed by atoms with Crippen LogP contribution in [0.3, 0.4) is 0 Å². The van der Waals surface area contributed by atoms with Crippen LogP contribution in [0.1, 0.15) is 21.6 Å². The van der Waals surface area contributed by atoms with E-state index >= 15 is 0 Å². The van der Waals surface area contributed by atoms with Gasteiger partial charge in [-0.1, -0.05) is 18.2 Å². The van der Waals surface area contributed by atoms with Crippen LogP contribution in [0, 0.1) is 13.8 Å². The van der Waals surface area contributed by atoms with Crippen LogP contribution < -0.4 is 15.6 Å². The van der Waals surface area contributed by atoms with E-state index in [0.29, 0.717) is 16.9 Å². The summed E-state index contributed by atoms with van der Waals surface area (Å²) in [6.45, 7) is 3.61. The van der Waals surface area contributed by atoms with Gasteiger partial charge in [0.1, 0.15) is 5.69 Å². The van der Waals surface area contributed by atoms with Gasteiger partial charge in [-0.2, -0.15) is 5.10 Å². The third-order valence-corrected chi connectivity index (χ3v) is 5.61. The van der Waals surface area contributed by atoms with E-state index in [1.807, 2.05) is 13.0 Å². The Morgan fingerprint density at radius 2 is 1.79 bits per heavy atom. The van der Waals surface area contributed by atoms with E-state index in [1.165, 1.54) is 31.3 Å². The zero-order valence-electron chi connectivity index (χ0n) is 16.1. The second-order valence-electron chi connectivity index (χ2n) is 6.59. The van der Waals surface area contributed by atoms with Gasteiger partial charge in [0.25, 0.3) is 21.5 Å². The van der Waals surface area contributed by atoms with Gasteiger partial charge < -0.3 is 5.32 Å². The Hall–Kier alpha value is -3.46. The van der Waals surface area contributed by atoms with E-state index < -0.39 is 15.9 Å². The van der Waals surface area contributed by atoms with Crippen LogP contribution in [-0.4, -0.2) is 24.1 Å². The van der Waals surface area contributed by atoms with Crippen molar-refractivity contribution in [1.29, 1.82) is 0 Å². The Bertz CT molecular complexity index is 1250. The van der Waals surface area contributed by atoms with Gasteiger partial charge in [0.2, 0.25) is 0 Å². The molecule has 0 bridgehead atoms. The maximum Gasteiger partial charge on any atom is 0.276 e. The first-order valence-corrected chi connectivity index (χ1v) is 10.2. The van der Waals surface area contributed by atoms with Gasteiger partial charge >= 0.3 is 0 Å². The molecule has 3 rings (SSSR count). The second kappa shape index (κ2) is 7.88. The number of nitrogens with zero attached hydrogens (tertiary/aromatic N) is 2. The lowest BCUT2D eigenvalue weighted by Gasteiger charge is -2.13. The summed E-state index contributed by atoms with van der Waals surface area (Å²) in [5.74, 6) is -0.551. The van der Waals surface area contributed by atoms with Crippen LogP contribution in [0.2, 0.25) is 0 Å². The number of hydrogen-bond acceptors (Lipinski definition) is 5. The average Bonchev–Trinajstić information content (AvgIpc) is 2.65. The van der Waals surface area contributed by atoms with Gasteiger partial charge in [-0.3, -0.25) is 14.3 Å². The minimum atomic E-state index is -3.84. The van der Waals surface area contributed by atoms with Crippen molar-refractivity contribution < 1.29 is 13.2 Å². The number of aromatic nitrogens is 2. The summed E-state index contributed by atoms with van der Waals surface area (Å²) < 4.78 is 29.1. The molecule has 0 spiro atoms. The molecule has 1 amide bonds. The van der Waals surface area contributed by atoms with E-state index in [2.05, 4.69) is 15.1 Å². The van der Waals surface area contributed by atoms with Gasteiger partial charge in [-0.25, -0.2) is 13.1 Å². The van der Waals surface area contributed by atoms with Crippen molar-refractivity contribution in [3.05, 3.63) is 81.8 Å². The molecule has 2 N–H and O–H groups in total. The summed E-state index contributed by atoms with van der Waals surface area (Å²) >= 11 is 0. The molecule has 29 heavy (non-hydrogen) atoms. The van der Waals surface area contributed by atoms with Crippen LogP contribution in [0.5, 0.6) is 0 Å². The molecule has 0 aliphatic carbocycles. The SMILES string of the molecule is Cc1cccc(NS(=O)(=O)c2ccc(C)c(NC(=O)c3ccc(=O)n(C)n3)c2)c1. The number of carbonyl (C=O) groups is 1. The second-order valence-corrected chi connectivity index (χ2v) is 8.27. The molecule has 150 valence electrons. The normalized spacial score (nSPS) is 11.1. The van der Waals surface area contributed by atoms with E-state index in [1.54, 1.807) is 31.2 Å². The first-order chi connectivity index (χ1) is 13.7. The Kier molecular flexibility index (Phi) is 5.51. The molecule has 3 aromatic rings. The van der Waals surface area contributed by atoms with Gasteiger partial charge in [0.05, 0.1) is 4.90 Å². The van der Waals surface area contributed by atoms with Crippen LogP contribution in [0.15, 0.2) is 64.3 Å². The topological polar surface area (TPSA) is 110 Å². The molecule has 0 saturated heterocycles. The zero-order chi connectivity index (χ0) is 21.2. The molecule has 8 nitrogen and oxygen atoms in total. The van der Waals surface area contributed by atoms with Gasteiger partial charge in [-0.15, -0.1) is 0 Å². The smallest absolute Gasteiger partial charge is 0.276 e. The fraction of sp³-hybridized carbons (Fsp3) is 0.150. The highest BCUT2D eigenvalue weighted by molar-refractivity contribution is 7.92. The number of benzene rings is 2. The molecule has 0 unspecified atom stereocenters. The third-order valence-electron chi connectivity index (χ3n) is 4.23. The first-order valence-electron chi connectivity index (χ1n) is 8.71. The van der Waals surface area contributed by atoms with E-state index in [9.17, 15) is 18.0 Å². The highest BCUT2D eigenvalue weighted by Gasteiger charge is 2.17. The highest BCUT2D eigenvalue weighted by Crippen LogP contribution is 2.23. The predicted molar refractivity (Wildman–Crippen MR) is 111 cm³/mol. The summed E-state index contributed by atoms with van der Waals surface area (Å²) in [4.78, 5) is 23.9. The molecule has 1 heterocycles. The first kappa shape index (κ1) is 20.3. The minimum absolute atomic E-state index is 0.00771. The monoisotopic (exact) mass is 412 g/mol. The Balaban J connectivity index is 1.88. The molecule has 0 fully saturated rings. The molecule has 0 aliphatic rings. The van der Waals surface area contributed by atoms with Crippen LogP contribution in [0.25, 0.3) is 0 Å². The number of anilines is 2. The molecule has 2 aromatic carbocycles. The number of amides is 1. The molecule has 9 heteroatoms. The van der Waals surface area contributed by atoms with E-state index in [0.717, 1.165) is 10.2 Å². The summed E-state index contributed by atoms with van der Waals surface area (Å²) in [7, 11) is -2.41. The number of sulfonamides is 1. The number of rotatable bonds is 5. The van der Waals surface area contributed by atoms with Crippen LogP contribution in [0.4, 0.5) is 11.4 Å². The highest BCUT2D eigenvalue weighted by atomic mass is 32.2. The lowest BCUT2D eigenvalue weighted by Crippen LogP contribution is -2.24. The third kappa shape index (κ3) is 4.69. The maximum atomic E-state index is 12.7. The Labute approximate surface area is 168 Å². The van der Waals surface area contributed by atoms with Crippen LogP contribution in [-0.2, 0) is 17.1 Å².